The van der Waals surface area contributed by atoms with Gasteiger partial charge >= 0.3 is 0 Å². The molecule has 2 heterocycles. The largest absolute Gasteiger partial charge is 0.497 e. The van der Waals surface area contributed by atoms with E-state index in [0.717, 1.165) is 30.5 Å². The molecule has 1 fully saturated rings. The summed E-state index contributed by atoms with van der Waals surface area (Å²) in [5.74, 6) is 1.90. The molecule has 0 atom stereocenters. The maximum Gasteiger partial charge on any atom is 0.258 e. The Bertz CT molecular complexity index is 700. The van der Waals surface area contributed by atoms with Gasteiger partial charge in [-0.2, -0.15) is 0 Å². The van der Waals surface area contributed by atoms with Crippen LogP contribution >= 0.6 is 0 Å². The zero-order chi connectivity index (χ0) is 17.5. The number of nitrogens with one attached hydrogen (secondary N) is 1. The number of hydrogen-bond donors (Lipinski definition) is 1. The SMILES string of the molecule is COc1ccc(OCC(=O)NCc2ccnc(N3CCCC3)n2)cc1. The fraction of sp³-hybridized carbons (Fsp3) is 0.389. The Morgan fingerprint density at radius 2 is 1.88 bits per heavy atom. The first kappa shape index (κ1) is 17.0. The Morgan fingerprint density at radius 3 is 2.60 bits per heavy atom. The Labute approximate surface area is 147 Å². The number of rotatable bonds is 7. The minimum Gasteiger partial charge on any atom is -0.497 e. The van der Waals surface area contributed by atoms with Crippen molar-refractivity contribution in [3.05, 3.63) is 42.2 Å². The average molecular weight is 342 g/mol. The number of nitrogens with zero attached hydrogens (tertiary/aromatic N) is 3. The highest BCUT2D eigenvalue weighted by Crippen LogP contribution is 2.17. The lowest BCUT2D eigenvalue weighted by molar-refractivity contribution is -0.123. The monoisotopic (exact) mass is 342 g/mol. The number of benzene rings is 1. The summed E-state index contributed by atoms with van der Waals surface area (Å²) >= 11 is 0. The van der Waals surface area contributed by atoms with Gasteiger partial charge in [-0.05, 0) is 43.2 Å². The van der Waals surface area contributed by atoms with Crippen LogP contribution in [0.25, 0.3) is 0 Å². The third kappa shape index (κ3) is 4.82. The molecule has 3 rings (SSSR count). The zero-order valence-electron chi connectivity index (χ0n) is 14.3. The summed E-state index contributed by atoms with van der Waals surface area (Å²) in [6.45, 7) is 2.29. The molecule has 1 aromatic heterocycles. The molecule has 1 amide bonds. The van der Waals surface area contributed by atoms with Crippen LogP contribution in [-0.2, 0) is 11.3 Å². The minimum absolute atomic E-state index is 0.0452. The van der Waals surface area contributed by atoms with Gasteiger partial charge in [-0.3, -0.25) is 4.79 Å². The van der Waals surface area contributed by atoms with E-state index in [9.17, 15) is 4.79 Å². The number of carbonyl (C=O) groups excluding carboxylic acids is 1. The van der Waals surface area contributed by atoms with Crippen molar-refractivity contribution in [2.45, 2.75) is 19.4 Å². The van der Waals surface area contributed by atoms with Crippen molar-refractivity contribution in [3.63, 3.8) is 0 Å². The van der Waals surface area contributed by atoms with Crippen LogP contribution in [0.4, 0.5) is 5.95 Å². The number of aromatic nitrogens is 2. The van der Waals surface area contributed by atoms with Crippen molar-refractivity contribution in [1.82, 2.24) is 15.3 Å². The van der Waals surface area contributed by atoms with Gasteiger partial charge in [-0.15, -0.1) is 0 Å². The van der Waals surface area contributed by atoms with Crippen molar-refractivity contribution in [2.75, 3.05) is 31.7 Å². The van der Waals surface area contributed by atoms with Crippen LogP contribution in [0.1, 0.15) is 18.5 Å². The average Bonchev–Trinajstić information content (AvgIpc) is 3.20. The minimum atomic E-state index is -0.197. The van der Waals surface area contributed by atoms with Crippen molar-refractivity contribution >= 4 is 11.9 Å². The molecule has 2 aromatic rings. The molecule has 7 heteroatoms. The van der Waals surface area contributed by atoms with Gasteiger partial charge in [0, 0.05) is 19.3 Å². The highest BCUT2D eigenvalue weighted by atomic mass is 16.5. The molecule has 1 aliphatic heterocycles. The summed E-state index contributed by atoms with van der Waals surface area (Å²) in [6, 6.07) is 8.91. The van der Waals surface area contributed by atoms with Crippen molar-refractivity contribution in [1.29, 1.82) is 0 Å². The Morgan fingerprint density at radius 1 is 1.16 bits per heavy atom. The highest BCUT2D eigenvalue weighted by Gasteiger charge is 2.15. The fourth-order valence-electron chi connectivity index (χ4n) is 2.61. The van der Waals surface area contributed by atoms with Crippen LogP contribution in [0, 0.1) is 0 Å². The van der Waals surface area contributed by atoms with Gasteiger partial charge < -0.3 is 19.7 Å². The molecule has 1 aromatic carbocycles. The van der Waals surface area contributed by atoms with Crippen molar-refractivity contribution < 1.29 is 14.3 Å². The summed E-state index contributed by atoms with van der Waals surface area (Å²) in [5, 5.41) is 2.81. The lowest BCUT2D eigenvalue weighted by Gasteiger charge is -2.15. The number of carbonyl (C=O) groups is 1. The third-order valence-electron chi connectivity index (χ3n) is 3.99. The maximum absolute atomic E-state index is 11.9. The lowest BCUT2D eigenvalue weighted by atomic mass is 10.3. The predicted molar refractivity (Wildman–Crippen MR) is 93.8 cm³/mol. The zero-order valence-corrected chi connectivity index (χ0v) is 14.3. The number of ether oxygens (including phenoxy) is 2. The summed E-state index contributed by atoms with van der Waals surface area (Å²) in [5.41, 5.74) is 0.787. The van der Waals surface area contributed by atoms with Crippen LogP contribution in [0.15, 0.2) is 36.5 Å². The van der Waals surface area contributed by atoms with Crippen molar-refractivity contribution in [3.8, 4) is 11.5 Å². The quantitative estimate of drug-likeness (QED) is 0.826. The summed E-state index contributed by atoms with van der Waals surface area (Å²) in [4.78, 5) is 22.9. The van der Waals surface area contributed by atoms with E-state index in [1.54, 1.807) is 37.6 Å². The van der Waals surface area contributed by atoms with E-state index < -0.39 is 0 Å². The number of anilines is 1. The Kier molecular flexibility index (Phi) is 5.66. The van der Waals surface area contributed by atoms with Crippen LogP contribution in [0.5, 0.6) is 11.5 Å². The first-order valence-corrected chi connectivity index (χ1v) is 8.35. The fourth-order valence-corrected chi connectivity index (χ4v) is 2.61. The van der Waals surface area contributed by atoms with E-state index in [4.69, 9.17) is 9.47 Å². The Hall–Kier alpha value is -2.83. The van der Waals surface area contributed by atoms with Gasteiger partial charge in [0.15, 0.2) is 6.61 Å². The molecule has 25 heavy (non-hydrogen) atoms. The summed E-state index contributed by atoms with van der Waals surface area (Å²) in [7, 11) is 1.60. The second-order valence-electron chi connectivity index (χ2n) is 5.78. The highest BCUT2D eigenvalue weighted by molar-refractivity contribution is 5.77. The van der Waals surface area contributed by atoms with Gasteiger partial charge in [0.05, 0.1) is 19.3 Å². The van der Waals surface area contributed by atoms with E-state index in [1.807, 2.05) is 6.07 Å². The smallest absolute Gasteiger partial charge is 0.258 e. The van der Waals surface area contributed by atoms with E-state index in [2.05, 4.69) is 20.2 Å². The van der Waals surface area contributed by atoms with Gasteiger partial charge in [-0.1, -0.05) is 0 Å². The van der Waals surface area contributed by atoms with Gasteiger partial charge in [0.1, 0.15) is 11.5 Å². The third-order valence-corrected chi connectivity index (χ3v) is 3.99. The number of methoxy groups -OCH3 is 1. The molecule has 0 aliphatic carbocycles. The molecule has 0 bridgehead atoms. The second-order valence-corrected chi connectivity index (χ2v) is 5.78. The molecule has 132 valence electrons. The molecule has 1 N–H and O–H groups in total. The van der Waals surface area contributed by atoms with E-state index in [1.165, 1.54) is 12.8 Å². The van der Waals surface area contributed by atoms with E-state index in [0.29, 0.717) is 12.3 Å². The maximum atomic E-state index is 11.9. The van der Waals surface area contributed by atoms with Gasteiger partial charge in [0.2, 0.25) is 5.95 Å². The molecule has 0 unspecified atom stereocenters. The van der Waals surface area contributed by atoms with Crippen LogP contribution in [-0.4, -0.2) is 42.7 Å². The van der Waals surface area contributed by atoms with Crippen molar-refractivity contribution in [2.24, 2.45) is 0 Å². The molecule has 1 saturated heterocycles. The van der Waals surface area contributed by atoms with Crippen LogP contribution < -0.4 is 19.7 Å². The first-order chi connectivity index (χ1) is 12.2. The van der Waals surface area contributed by atoms with Gasteiger partial charge in [-0.25, -0.2) is 9.97 Å². The molecular weight excluding hydrogens is 320 g/mol. The topological polar surface area (TPSA) is 76.6 Å². The van der Waals surface area contributed by atoms with Crippen LogP contribution in [0.3, 0.4) is 0 Å². The summed E-state index contributed by atoms with van der Waals surface area (Å²) in [6.07, 6.45) is 4.08. The Balaban J connectivity index is 1.46. The van der Waals surface area contributed by atoms with Gasteiger partial charge in [0.25, 0.3) is 5.91 Å². The molecule has 0 spiro atoms. The molecule has 0 radical (unpaired) electrons. The number of amides is 1. The number of hydrogen-bond acceptors (Lipinski definition) is 6. The molecule has 0 saturated carbocycles. The second kappa shape index (κ2) is 8.32. The standard InChI is InChI=1S/C18H22N4O3/c1-24-15-4-6-16(7-5-15)25-13-17(23)20-12-14-8-9-19-18(21-14)22-10-2-3-11-22/h4-9H,2-3,10-13H2,1H3,(H,20,23). The predicted octanol–water partition coefficient (Wildman–Crippen LogP) is 1.78. The van der Waals surface area contributed by atoms with Crippen LogP contribution in [0.2, 0.25) is 0 Å². The first-order valence-electron chi connectivity index (χ1n) is 8.35. The normalized spacial score (nSPS) is 13.6. The summed E-state index contributed by atoms with van der Waals surface area (Å²) < 4.78 is 10.5. The van der Waals surface area contributed by atoms with E-state index in [-0.39, 0.29) is 12.5 Å². The lowest BCUT2D eigenvalue weighted by Crippen LogP contribution is -2.29. The molecular formula is C18H22N4O3. The molecule has 1 aliphatic rings. The molecule has 7 nitrogen and oxygen atoms in total. The van der Waals surface area contributed by atoms with E-state index >= 15 is 0 Å².